The van der Waals surface area contributed by atoms with Gasteiger partial charge in [-0.3, -0.25) is 14.4 Å². The number of fused-ring (bicyclic) bond motifs is 1. The Hall–Kier alpha value is -2.11. The molecule has 1 amide bonds. The molecule has 1 aliphatic carbocycles. The first kappa shape index (κ1) is 14.3. The highest BCUT2D eigenvalue weighted by Crippen LogP contribution is 2.29. The summed E-state index contributed by atoms with van der Waals surface area (Å²) < 4.78 is 5.49. The molecule has 0 bridgehead atoms. The Bertz CT molecular complexity index is 572. The van der Waals surface area contributed by atoms with Crippen LogP contribution >= 0.6 is 0 Å². The summed E-state index contributed by atoms with van der Waals surface area (Å²) in [6.45, 7) is 3.29. The molecule has 0 radical (unpaired) electrons. The number of rotatable bonds is 4. The summed E-state index contributed by atoms with van der Waals surface area (Å²) in [6, 6.07) is -0.503. The minimum absolute atomic E-state index is 0.00475. The van der Waals surface area contributed by atoms with E-state index < -0.39 is 17.9 Å². The zero-order chi connectivity index (χ0) is 14.9. The van der Waals surface area contributed by atoms with Crippen LogP contribution in [0.3, 0.4) is 0 Å². The summed E-state index contributed by atoms with van der Waals surface area (Å²) >= 11 is 0. The van der Waals surface area contributed by atoms with Crippen molar-refractivity contribution in [1.82, 2.24) is 5.32 Å². The summed E-state index contributed by atoms with van der Waals surface area (Å²) in [5, 5.41) is 11.2. The number of carboxylic acids is 1. The third kappa shape index (κ3) is 2.74. The molecular formula is C14H17NO5. The van der Waals surface area contributed by atoms with Crippen molar-refractivity contribution in [2.75, 3.05) is 0 Å². The number of hydrogen-bond acceptors (Lipinski definition) is 4. The zero-order valence-corrected chi connectivity index (χ0v) is 11.5. The second kappa shape index (κ2) is 5.48. The van der Waals surface area contributed by atoms with Crippen molar-refractivity contribution < 1.29 is 23.9 Å². The van der Waals surface area contributed by atoms with E-state index in [-0.39, 0.29) is 18.0 Å². The number of carboxylic acid groups (broad SMARTS) is 1. The van der Waals surface area contributed by atoms with Crippen LogP contribution in [0, 0.1) is 6.92 Å². The molecule has 20 heavy (non-hydrogen) atoms. The number of aliphatic carboxylic acids is 1. The third-order valence-corrected chi connectivity index (χ3v) is 3.37. The molecular weight excluding hydrogens is 262 g/mol. The van der Waals surface area contributed by atoms with Crippen molar-refractivity contribution in [1.29, 1.82) is 0 Å². The maximum atomic E-state index is 12.1. The van der Waals surface area contributed by atoms with E-state index in [4.69, 9.17) is 9.52 Å². The molecule has 0 fully saturated rings. The normalized spacial score (nSPS) is 15.6. The molecule has 108 valence electrons. The van der Waals surface area contributed by atoms with Gasteiger partial charge in [-0.1, -0.05) is 0 Å². The van der Waals surface area contributed by atoms with Gasteiger partial charge in [-0.25, -0.2) is 0 Å². The molecule has 1 heterocycles. The van der Waals surface area contributed by atoms with E-state index in [0.717, 1.165) is 6.42 Å². The number of carbonyl (C=O) groups is 3. The fourth-order valence-electron chi connectivity index (χ4n) is 2.47. The molecule has 0 aromatic carbocycles. The summed E-state index contributed by atoms with van der Waals surface area (Å²) in [4.78, 5) is 34.5. The fraction of sp³-hybridized carbons (Fsp3) is 0.500. The van der Waals surface area contributed by atoms with Gasteiger partial charge >= 0.3 is 5.97 Å². The molecule has 6 nitrogen and oxygen atoms in total. The molecule has 2 rings (SSSR count). The van der Waals surface area contributed by atoms with Crippen LogP contribution in [0.4, 0.5) is 0 Å². The Morgan fingerprint density at radius 1 is 1.40 bits per heavy atom. The predicted molar refractivity (Wildman–Crippen MR) is 69.9 cm³/mol. The third-order valence-electron chi connectivity index (χ3n) is 3.37. The van der Waals surface area contributed by atoms with E-state index in [0.29, 0.717) is 29.7 Å². The van der Waals surface area contributed by atoms with E-state index in [2.05, 4.69) is 5.32 Å². The fourth-order valence-corrected chi connectivity index (χ4v) is 2.47. The highest BCUT2D eigenvalue weighted by atomic mass is 16.4. The molecule has 6 heteroatoms. The SMILES string of the molecule is Cc1c(C(=O)NC(C)CC(=O)O)oc2c1C(=O)CCC2. The average Bonchev–Trinajstić information content (AvgIpc) is 2.67. The second-order valence-electron chi connectivity index (χ2n) is 5.10. The van der Waals surface area contributed by atoms with Crippen LogP contribution in [0.25, 0.3) is 0 Å². The Labute approximate surface area is 116 Å². The van der Waals surface area contributed by atoms with Crippen LogP contribution in [-0.4, -0.2) is 28.8 Å². The van der Waals surface area contributed by atoms with Crippen LogP contribution in [-0.2, 0) is 11.2 Å². The van der Waals surface area contributed by atoms with Crippen molar-refractivity contribution >= 4 is 17.7 Å². The number of carbonyl (C=O) groups excluding carboxylic acids is 2. The van der Waals surface area contributed by atoms with Crippen molar-refractivity contribution in [2.24, 2.45) is 0 Å². The van der Waals surface area contributed by atoms with Gasteiger partial charge in [0.05, 0.1) is 12.0 Å². The quantitative estimate of drug-likeness (QED) is 0.874. The molecule has 0 aliphatic heterocycles. The number of hydrogen-bond donors (Lipinski definition) is 2. The van der Waals surface area contributed by atoms with Gasteiger partial charge in [0, 0.05) is 24.4 Å². The topological polar surface area (TPSA) is 96.6 Å². The molecule has 2 N–H and O–H groups in total. The van der Waals surface area contributed by atoms with E-state index in [1.807, 2.05) is 0 Å². The van der Waals surface area contributed by atoms with E-state index in [1.54, 1.807) is 13.8 Å². The lowest BCUT2D eigenvalue weighted by molar-refractivity contribution is -0.137. The first-order valence-electron chi connectivity index (χ1n) is 6.58. The van der Waals surface area contributed by atoms with Crippen LogP contribution in [0.1, 0.15) is 58.4 Å². The van der Waals surface area contributed by atoms with Crippen LogP contribution in [0.5, 0.6) is 0 Å². The Balaban J connectivity index is 2.19. The van der Waals surface area contributed by atoms with E-state index >= 15 is 0 Å². The minimum atomic E-state index is -0.983. The number of ketones is 1. The van der Waals surface area contributed by atoms with Crippen LogP contribution < -0.4 is 5.32 Å². The van der Waals surface area contributed by atoms with Gasteiger partial charge in [-0.2, -0.15) is 0 Å². The molecule has 0 spiro atoms. The molecule has 1 aliphatic rings. The van der Waals surface area contributed by atoms with Gasteiger partial charge in [0.15, 0.2) is 11.5 Å². The number of amides is 1. The molecule has 1 atom stereocenters. The van der Waals surface area contributed by atoms with Crippen LogP contribution in [0.2, 0.25) is 0 Å². The molecule has 0 saturated carbocycles. The van der Waals surface area contributed by atoms with Gasteiger partial charge in [0.25, 0.3) is 5.91 Å². The van der Waals surface area contributed by atoms with Crippen molar-refractivity contribution in [3.63, 3.8) is 0 Å². The maximum absolute atomic E-state index is 12.1. The standard InChI is InChI=1S/C14H17NO5/c1-7(6-11(17)18)15-14(19)13-8(2)12-9(16)4-3-5-10(12)20-13/h7H,3-6H2,1-2H3,(H,15,19)(H,17,18). The van der Waals surface area contributed by atoms with E-state index in [1.165, 1.54) is 0 Å². The van der Waals surface area contributed by atoms with E-state index in [9.17, 15) is 14.4 Å². The van der Waals surface area contributed by atoms with Gasteiger partial charge in [-0.05, 0) is 20.3 Å². The second-order valence-corrected chi connectivity index (χ2v) is 5.10. The van der Waals surface area contributed by atoms with Gasteiger partial charge in [-0.15, -0.1) is 0 Å². The van der Waals surface area contributed by atoms with Crippen molar-refractivity contribution in [3.05, 3.63) is 22.6 Å². The van der Waals surface area contributed by atoms with Gasteiger partial charge in [0.2, 0.25) is 0 Å². The first-order chi connectivity index (χ1) is 9.40. The Morgan fingerprint density at radius 2 is 2.10 bits per heavy atom. The average molecular weight is 279 g/mol. The van der Waals surface area contributed by atoms with Gasteiger partial charge in [0.1, 0.15) is 5.76 Å². The molecule has 1 aromatic rings. The predicted octanol–water partition coefficient (Wildman–Crippen LogP) is 1.70. The monoisotopic (exact) mass is 279 g/mol. The van der Waals surface area contributed by atoms with Crippen molar-refractivity contribution in [2.45, 2.75) is 45.6 Å². The highest BCUT2D eigenvalue weighted by molar-refractivity contribution is 6.03. The molecule has 0 saturated heterocycles. The lowest BCUT2D eigenvalue weighted by Gasteiger charge is -2.10. The Kier molecular flexibility index (Phi) is 3.92. The zero-order valence-electron chi connectivity index (χ0n) is 11.5. The smallest absolute Gasteiger partial charge is 0.305 e. The summed E-state index contributed by atoms with van der Waals surface area (Å²) in [5.41, 5.74) is 1.07. The molecule has 1 unspecified atom stereocenters. The summed E-state index contributed by atoms with van der Waals surface area (Å²) in [6.07, 6.45) is 1.70. The number of furan rings is 1. The molecule has 1 aromatic heterocycles. The highest BCUT2D eigenvalue weighted by Gasteiger charge is 2.29. The van der Waals surface area contributed by atoms with Crippen LogP contribution in [0.15, 0.2) is 4.42 Å². The number of Topliss-reactive ketones (excluding diaryl/α,β-unsaturated/α-hetero) is 1. The maximum Gasteiger partial charge on any atom is 0.305 e. The summed E-state index contributed by atoms with van der Waals surface area (Å²) in [7, 11) is 0. The summed E-state index contributed by atoms with van der Waals surface area (Å²) in [5.74, 6) is -0.774. The lowest BCUT2D eigenvalue weighted by Crippen LogP contribution is -2.34. The number of aryl methyl sites for hydroxylation is 1. The number of nitrogens with one attached hydrogen (secondary N) is 1. The largest absolute Gasteiger partial charge is 0.481 e. The van der Waals surface area contributed by atoms with Crippen molar-refractivity contribution in [3.8, 4) is 0 Å². The lowest BCUT2D eigenvalue weighted by atomic mass is 9.94. The minimum Gasteiger partial charge on any atom is -0.481 e. The Morgan fingerprint density at radius 3 is 2.70 bits per heavy atom. The first-order valence-corrected chi connectivity index (χ1v) is 6.58. The van der Waals surface area contributed by atoms with Gasteiger partial charge < -0.3 is 14.8 Å².